The minimum absolute atomic E-state index is 0.106. The van der Waals surface area contributed by atoms with Crippen LogP contribution in [-0.4, -0.2) is 11.1 Å². The number of ether oxygens (including phenoxy) is 1. The summed E-state index contributed by atoms with van der Waals surface area (Å²) in [5, 5.41) is 9.22. The zero-order chi connectivity index (χ0) is 14.0. The van der Waals surface area contributed by atoms with Crippen molar-refractivity contribution in [2.75, 3.05) is 0 Å². The average molecular weight is 386 g/mol. The van der Waals surface area contributed by atoms with Crippen molar-refractivity contribution in [1.29, 1.82) is 0 Å². The standard InChI is InChI=1S/C14H10Br2O3/c1-8-5-6-11(10(16)7-8)19-12-4-2-3-9(15)13(12)14(17)18/h2-7H,1H3,(H,17,18). The Morgan fingerprint density at radius 3 is 2.47 bits per heavy atom. The van der Waals surface area contributed by atoms with Crippen molar-refractivity contribution >= 4 is 37.8 Å². The van der Waals surface area contributed by atoms with E-state index in [1.807, 2.05) is 19.1 Å². The fraction of sp³-hybridized carbons (Fsp3) is 0.0714. The minimum atomic E-state index is -1.04. The fourth-order valence-corrected chi connectivity index (χ4v) is 2.70. The molecule has 0 atom stereocenters. The minimum Gasteiger partial charge on any atom is -0.478 e. The van der Waals surface area contributed by atoms with Crippen LogP contribution in [0.2, 0.25) is 0 Å². The van der Waals surface area contributed by atoms with Gasteiger partial charge in [0.15, 0.2) is 0 Å². The Morgan fingerprint density at radius 1 is 1.11 bits per heavy atom. The number of halogens is 2. The number of rotatable bonds is 3. The molecule has 0 aliphatic rings. The van der Waals surface area contributed by atoms with E-state index in [0.29, 0.717) is 16.0 Å². The molecule has 0 spiro atoms. The Labute approximate surface area is 127 Å². The largest absolute Gasteiger partial charge is 0.478 e. The first kappa shape index (κ1) is 14.1. The van der Waals surface area contributed by atoms with Crippen LogP contribution in [0.3, 0.4) is 0 Å². The van der Waals surface area contributed by atoms with Crippen molar-refractivity contribution in [3.63, 3.8) is 0 Å². The second-order valence-electron chi connectivity index (χ2n) is 3.95. The maximum atomic E-state index is 11.3. The van der Waals surface area contributed by atoms with Crippen LogP contribution in [0.15, 0.2) is 45.3 Å². The topological polar surface area (TPSA) is 46.5 Å². The second kappa shape index (κ2) is 5.75. The number of carboxylic acid groups (broad SMARTS) is 1. The zero-order valence-corrected chi connectivity index (χ0v) is 13.2. The second-order valence-corrected chi connectivity index (χ2v) is 5.66. The number of hydrogen-bond acceptors (Lipinski definition) is 2. The lowest BCUT2D eigenvalue weighted by atomic mass is 10.2. The molecule has 2 rings (SSSR count). The van der Waals surface area contributed by atoms with Crippen LogP contribution in [0.1, 0.15) is 15.9 Å². The van der Waals surface area contributed by atoms with Gasteiger partial charge in [-0.25, -0.2) is 4.79 Å². The molecule has 5 heteroatoms. The molecule has 1 N–H and O–H groups in total. The molecule has 0 bridgehead atoms. The van der Waals surface area contributed by atoms with Crippen molar-refractivity contribution in [1.82, 2.24) is 0 Å². The van der Waals surface area contributed by atoms with Gasteiger partial charge in [0.05, 0.1) is 4.47 Å². The smallest absolute Gasteiger partial charge is 0.340 e. The molecule has 0 radical (unpaired) electrons. The summed E-state index contributed by atoms with van der Waals surface area (Å²) in [6.45, 7) is 1.97. The van der Waals surface area contributed by atoms with Crippen molar-refractivity contribution in [2.45, 2.75) is 6.92 Å². The van der Waals surface area contributed by atoms with Gasteiger partial charge in [-0.15, -0.1) is 0 Å². The number of aryl methyl sites for hydroxylation is 1. The Morgan fingerprint density at radius 2 is 1.84 bits per heavy atom. The van der Waals surface area contributed by atoms with Gasteiger partial charge in [0.25, 0.3) is 0 Å². The fourth-order valence-electron chi connectivity index (χ4n) is 1.60. The highest BCUT2D eigenvalue weighted by atomic mass is 79.9. The summed E-state index contributed by atoms with van der Waals surface area (Å²) in [7, 11) is 0. The van der Waals surface area contributed by atoms with E-state index in [2.05, 4.69) is 31.9 Å². The van der Waals surface area contributed by atoms with Crippen LogP contribution >= 0.6 is 31.9 Å². The molecule has 0 fully saturated rings. The Hall–Kier alpha value is -1.33. The summed E-state index contributed by atoms with van der Waals surface area (Å²) in [4.78, 5) is 11.3. The van der Waals surface area contributed by atoms with Gasteiger partial charge in [-0.3, -0.25) is 0 Å². The lowest BCUT2D eigenvalue weighted by Crippen LogP contribution is -2.01. The number of carboxylic acids is 1. The quantitative estimate of drug-likeness (QED) is 0.807. The summed E-state index contributed by atoms with van der Waals surface area (Å²) in [6, 6.07) is 10.6. The third kappa shape index (κ3) is 3.16. The van der Waals surface area contributed by atoms with Crippen molar-refractivity contribution in [3.8, 4) is 11.5 Å². The lowest BCUT2D eigenvalue weighted by molar-refractivity contribution is 0.0693. The summed E-state index contributed by atoms with van der Waals surface area (Å²) in [5.41, 5.74) is 1.20. The van der Waals surface area contributed by atoms with Crippen LogP contribution in [0.4, 0.5) is 0 Å². The molecule has 2 aromatic carbocycles. The van der Waals surface area contributed by atoms with Gasteiger partial charge in [0.2, 0.25) is 0 Å². The Balaban J connectivity index is 2.44. The molecule has 0 unspecified atom stereocenters. The van der Waals surface area contributed by atoms with Gasteiger partial charge in [-0.1, -0.05) is 12.1 Å². The van der Waals surface area contributed by atoms with Crippen molar-refractivity contribution in [2.24, 2.45) is 0 Å². The maximum absolute atomic E-state index is 11.3. The van der Waals surface area contributed by atoms with Crippen LogP contribution in [0.5, 0.6) is 11.5 Å². The van der Waals surface area contributed by atoms with Crippen LogP contribution in [0.25, 0.3) is 0 Å². The SMILES string of the molecule is Cc1ccc(Oc2cccc(Br)c2C(=O)O)c(Br)c1. The van der Waals surface area contributed by atoms with E-state index in [-0.39, 0.29) is 5.56 Å². The monoisotopic (exact) mass is 384 g/mol. The van der Waals surface area contributed by atoms with Gasteiger partial charge in [-0.2, -0.15) is 0 Å². The summed E-state index contributed by atoms with van der Waals surface area (Å²) >= 11 is 6.62. The van der Waals surface area contributed by atoms with Gasteiger partial charge >= 0.3 is 5.97 Å². The van der Waals surface area contributed by atoms with Crippen molar-refractivity contribution in [3.05, 3.63) is 56.5 Å². The van der Waals surface area contributed by atoms with Crippen LogP contribution < -0.4 is 4.74 Å². The highest BCUT2D eigenvalue weighted by molar-refractivity contribution is 9.10. The van der Waals surface area contributed by atoms with Crippen LogP contribution in [0, 0.1) is 6.92 Å². The molecule has 0 aliphatic carbocycles. The predicted octanol–water partition coefficient (Wildman–Crippen LogP) is 5.01. The van der Waals surface area contributed by atoms with E-state index in [9.17, 15) is 9.90 Å². The molecular formula is C14H10Br2O3. The Kier molecular flexibility index (Phi) is 4.27. The molecule has 0 heterocycles. The normalized spacial score (nSPS) is 10.3. The molecular weight excluding hydrogens is 376 g/mol. The summed E-state index contributed by atoms with van der Waals surface area (Å²) in [6.07, 6.45) is 0. The summed E-state index contributed by atoms with van der Waals surface area (Å²) in [5.74, 6) is -0.164. The van der Waals surface area contributed by atoms with E-state index in [4.69, 9.17) is 4.74 Å². The van der Waals surface area contributed by atoms with Gasteiger partial charge in [-0.05, 0) is 68.6 Å². The number of benzene rings is 2. The highest BCUT2D eigenvalue weighted by Gasteiger charge is 2.16. The summed E-state index contributed by atoms with van der Waals surface area (Å²) < 4.78 is 6.95. The molecule has 0 amide bonds. The Bertz CT molecular complexity index is 639. The first-order valence-electron chi connectivity index (χ1n) is 5.45. The number of carbonyl (C=O) groups is 1. The molecule has 0 saturated carbocycles. The average Bonchev–Trinajstić information content (AvgIpc) is 2.32. The molecule has 19 heavy (non-hydrogen) atoms. The molecule has 2 aromatic rings. The first-order chi connectivity index (χ1) is 8.99. The van der Waals surface area contributed by atoms with E-state index in [1.54, 1.807) is 24.3 Å². The number of hydrogen-bond donors (Lipinski definition) is 1. The third-order valence-corrected chi connectivity index (χ3v) is 3.78. The molecule has 0 saturated heterocycles. The van der Waals surface area contributed by atoms with Crippen molar-refractivity contribution < 1.29 is 14.6 Å². The molecule has 3 nitrogen and oxygen atoms in total. The van der Waals surface area contributed by atoms with Crippen LogP contribution in [-0.2, 0) is 0 Å². The highest BCUT2D eigenvalue weighted by Crippen LogP contribution is 2.34. The molecule has 0 aromatic heterocycles. The zero-order valence-electron chi connectivity index (χ0n) is 9.98. The molecule has 0 aliphatic heterocycles. The first-order valence-corrected chi connectivity index (χ1v) is 7.03. The van der Waals surface area contributed by atoms with Gasteiger partial charge < -0.3 is 9.84 Å². The van der Waals surface area contributed by atoms with E-state index in [1.165, 1.54) is 0 Å². The van der Waals surface area contributed by atoms with E-state index < -0.39 is 5.97 Å². The maximum Gasteiger partial charge on any atom is 0.340 e. The predicted molar refractivity (Wildman–Crippen MR) is 80.1 cm³/mol. The third-order valence-electron chi connectivity index (χ3n) is 2.50. The number of aromatic carboxylic acids is 1. The van der Waals surface area contributed by atoms with E-state index >= 15 is 0 Å². The molecule has 98 valence electrons. The van der Waals surface area contributed by atoms with E-state index in [0.717, 1.165) is 10.0 Å². The van der Waals surface area contributed by atoms with Gasteiger partial charge in [0.1, 0.15) is 17.1 Å². The van der Waals surface area contributed by atoms with Gasteiger partial charge in [0, 0.05) is 4.47 Å². The lowest BCUT2D eigenvalue weighted by Gasteiger charge is -2.11.